The Hall–Kier alpha value is -2.10. The minimum absolute atomic E-state index is 0.0123. The van der Waals surface area contributed by atoms with Crippen molar-refractivity contribution in [2.45, 2.75) is 51.3 Å². The number of halogens is 3. The number of nitrogens with two attached hydrogens (primary N) is 2. The second kappa shape index (κ2) is 12.4. The van der Waals surface area contributed by atoms with Crippen LogP contribution >= 0.6 is 41.7 Å². The summed E-state index contributed by atoms with van der Waals surface area (Å²) in [5, 5.41) is 0.757. The lowest BCUT2D eigenvalue weighted by atomic mass is 9.91. The Labute approximate surface area is 238 Å². The molecular weight excluding hydrogens is 562 g/mol. The van der Waals surface area contributed by atoms with E-state index in [1.165, 1.54) is 23.3 Å². The fourth-order valence-corrected chi connectivity index (χ4v) is 6.04. The Bertz CT molecular complexity index is 1350. The van der Waals surface area contributed by atoms with E-state index in [4.69, 9.17) is 34.7 Å². The number of anilines is 1. The average molecular weight is 596 g/mol. The quantitative estimate of drug-likeness (QED) is 0.109. The van der Waals surface area contributed by atoms with Gasteiger partial charge >= 0.3 is 0 Å². The first kappa shape index (κ1) is 32.1. The summed E-state index contributed by atoms with van der Waals surface area (Å²) in [7, 11) is 4.58. The number of rotatable bonds is 5. The third-order valence-corrected chi connectivity index (χ3v) is 8.59. The van der Waals surface area contributed by atoms with Crippen LogP contribution in [0.4, 0.5) is 10.1 Å². The highest BCUT2D eigenvalue weighted by Crippen LogP contribution is 2.69. The molecule has 38 heavy (non-hydrogen) atoms. The predicted molar refractivity (Wildman–Crippen MR) is 165 cm³/mol. The zero-order valence-electron chi connectivity index (χ0n) is 22.3. The summed E-state index contributed by atoms with van der Waals surface area (Å²) in [5.41, 5.74) is 15.3. The number of nitrogen functional groups attached to an aromatic ring is 1. The largest absolute Gasteiger partial charge is 0.399 e. The van der Waals surface area contributed by atoms with Crippen molar-refractivity contribution >= 4 is 70.2 Å². The molecule has 0 aromatic heterocycles. The van der Waals surface area contributed by atoms with Gasteiger partial charge in [-0.3, -0.25) is 9.59 Å². The van der Waals surface area contributed by atoms with Crippen LogP contribution in [0.1, 0.15) is 54.7 Å². The SMILES string of the molecule is C/C=C(C)\C=C(\P)C(N)=NC(=O)c1cc(N)cc(P)c1F.CC(=O)[C@@H]1C(Cl)(Cl)[C@@]1(C)c1cc(C)cc(C)c1. The fraction of sp³-hybridized carbons (Fsp3) is 0.321. The normalized spacial score (nSPS) is 20.9. The molecule has 1 saturated carbocycles. The van der Waals surface area contributed by atoms with Crippen LogP contribution in [0.15, 0.2) is 58.4 Å². The molecule has 0 radical (unpaired) electrons. The summed E-state index contributed by atoms with van der Waals surface area (Å²) < 4.78 is 12.9. The number of hydrogen-bond acceptors (Lipinski definition) is 3. The third-order valence-electron chi connectivity index (χ3n) is 6.49. The predicted octanol–water partition coefficient (Wildman–Crippen LogP) is 6.08. The molecule has 2 aromatic carbocycles. The molecule has 3 rings (SSSR count). The first-order valence-electron chi connectivity index (χ1n) is 11.8. The number of aryl methyl sites for hydroxylation is 2. The van der Waals surface area contributed by atoms with Crippen molar-refractivity contribution in [1.29, 1.82) is 0 Å². The van der Waals surface area contributed by atoms with E-state index in [1.54, 1.807) is 13.0 Å². The lowest BCUT2D eigenvalue weighted by Gasteiger charge is -2.14. The van der Waals surface area contributed by atoms with E-state index in [0.29, 0.717) is 5.31 Å². The Morgan fingerprint density at radius 1 is 1.11 bits per heavy atom. The molecule has 10 heteroatoms. The molecule has 2 aromatic rings. The number of carbonyl (C=O) groups excluding carboxylic acids is 2. The monoisotopic (exact) mass is 595 g/mol. The van der Waals surface area contributed by atoms with Gasteiger partial charge in [-0.25, -0.2) is 4.39 Å². The van der Waals surface area contributed by atoms with Crippen LogP contribution in [0.25, 0.3) is 0 Å². The Morgan fingerprint density at radius 2 is 1.66 bits per heavy atom. The second-order valence-electron chi connectivity index (χ2n) is 9.65. The number of carbonyl (C=O) groups is 2. The molecule has 0 saturated heterocycles. The van der Waals surface area contributed by atoms with Crippen molar-refractivity contribution in [3.63, 3.8) is 0 Å². The molecule has 1 fully saturated rings. The maximum absolute atomic E-state index is 13.9. The number of nitrogens with zero attached hydrogens (tertiary/aromatic N) is 1. The number of alkyl halides is 2. The number of amidine groups is 1. The maximum atomic E-state index is 13.9. The number of benzene rings is 2. The lowest BCUT2D eigenvalue weighted by Crippen LogP contribution is -2.17. The van der Waals surface area contributed by atoms with Gasteiger partial charge in [0.15, 0.2) is 0 Å². The van der Waals surface area contributed by atoms with Crippen LogP contribution in [0.2, 0.25) is 0 Å². The molecule has 4 atom stereocenters. The first-order valence-corrected chi connectivity index (χ1v) is 13.7. The number of hydrogen-bond donors (Lipinski definition) is 2. The average Bonchev–Trinajstić information content (AvgIpc) is 3.28. The molecule has 2 unspecified atom stereocenters. The summed E-state index contributed by atoms with van der Waals surface area (Å²) >= 11 is 12.6. The topological polar surface area (TPSA) is 98.5 Å². The molecule has 204 valence electrons. The van der Waals surface area contributed by atoms with Crippen LogP contribution in [0, 0.1) is 25.6 Å². The summed E-state index contributed by atoms with van der Waals surface area (Å²) in [6, 6.07) is 8.89. The third kappa shape index (κ3) is 6.90. The Morgan fingerprint density at radius 3 is 2.13 bits per heavy atom. The van der Waals surface area contributed by atoms with Gasteiger partial charge in [0.05, 0.1) is 11.5 Å². The highest BCUT2D eigenvalue weighted by atomic mass is 35.5. The number of ketones is 1. The van der Waals surface area contributed by atoms with E-state index in [1.807, 2.05) is 40.7 Å². The van der Waals surface area contributed by atoms with E-state index < -0.39 is 21.5 Å². The van der Waals surface area contributed by atoms with Crippen LogP contribution < -0.4 is 16.8 Å². The van der Waals surface area contributed by atoms with Gasteiger partial charge in [-0.15, -0.1) is 18.5 Å². The van der Waals surface area contributed by atoms with Gasteiger partial charge in [-0.1, -0.05) is 71.1 Å². The molecule has 0 spiro atoms. The molecular formula is C28H34Cl2FN3O2P2. The number of amides is 1. The molecule has 0 heterocycles. The highest BCUT2D eigenvalue weighted by molar-refractivity contribution is 7.27. The van der Waals surface area contributed by atoms with Crippen molar-refractivity contribution in [2.24, 2.45) is 16.6 Å². The van der Waals surface area contributed by atoms with Crippen molar-refractivity contribution < 1.29 is 14.0 Å². The van der Waals surface area contributed by atoms with E-state index in [-0.39, 0.29) is 34.1 Å². The van der Waals surface area contributed by atoms with E-state index >= 15 is 0 Å². The van der Waals surface area contributed by atoms with Gasteiger partial charge in [0.25, 0.3) is 5.91 Å². The number of aliphatic imine (C=N–C) groups is 1. The van der Waals surface area contributed by atoms with E-state index in [2.05, 4.69) is 41.7 Å². The zero-order valence-corrected chi connectivity index (χ0v) is 26.1. The minimum atomic E-state index is -0.973. The molecule has 1 amide bonds. The zero-order chi connectivity index (χ0) is 29.2. The fourth-order valence-electron chi connectivity index (χ4n) is 4.29. The van der Waals surface area contributed by atoms with Crippen molar-refractivity contribution in [1.82, 2.24) is 0 Å². The number of Topliss-reactive ketones (excluding diaryl/α,β-unsaturated/α-hetero) is 1. The molecule has 0 aliphatic heterocycles. The van der Waals surface area contributed by atoms with Gasteiger partial charge in [0.2, 0.25) is 0 Å². The summed E-state index contributed by atoms with van der Waals surface area (Å²) in [6.07, 6.45) is 3.64. The van der Waals surface area contributed by atoms with E-state index in [0.717, 1.165) is 11.1 Å². The van der Waals surface area contributed by atoms with Gasteiger partial charge in [-0.2, -0.15) is 4.99 Å². The first-order chi connectivity index (χ1) is 17.5. The van der Waals surface area contributed by atoms with Gasteiger partial charge < -0.3 is 11.5 Å². The molecule has 0 bridgehead atoms. The standard InChI is InChI=1S/C14H16Cl2O.C14H18FN3OP2/c1-8-5-9(2)7-11(6-8)13(4)12(10(3)17)14(13,15)16;1-3-7(2)4-11(21)13(17)18-14(19)9-5-8(16)6-10(20)12(9)15/h5-7,12H,1-4H3;3-6H,16,20-21H2,1-2H3,(H2,17,18,19)/b;7-3-,11-4+/t12-,13-;/m0./s1. The minimum Gasteiger partial charge on any atom is -0.399 e. The lowest BCUT2D eigenvalue weighted by molar-refractivity contribution is -0.118. The summed E-state index contributed by atoms with van der Waals surface area (Å²) in [6.45, 7) is 11.4. The van der Waals surface area contributed by atoms with Gasteiger partial charge in [0, 0.05) is 21.7 Å². The van der Waals surface area contributed by atoms with Crippen LogP contribution in [-0.2, 0) is 10.2 Å². The molecule has 1 aliphatic rings. The summed E-state index contributed by atoms with van der Waals surface area (Å²) in [4.78, 5) is 27.3. The molecule has 4 N–H and O–H groups in total. The highest BCUT2D eigenvalue weighted by Gasteiger charge is 2.75. The number of allylic oxidation sites excluding steroid dienone is 3. The molecule has 5 nitrogen and oxygen atoms in total. The Kier molecular flexibility index (Phi) is 10.5. The van der Waals surface area contributed by atoms with Gasteiger partial charge in [-0.05, 0) is 58.4 Å². The van der Waals surface area contributed by atoms with E-state index in [9.17, 15) is 14.0 Å². The van der Waals surface area contributed by atoms with Crippen LogP contribution in [0.3, 0.4) is 0 Å². The van der Waals surface area contributed by atoms with Crippen LogP contribution in [-0.4, -0.2) is 21.9 Å². The van der Waals surface area contributed by atoms with Crippen molar-refractivity contribution in [3.8, 4) is 0 Å². The van der Waals surface area contributed by atoms with Crippen molar-refractivity contribution in [3.05, 3.63) is 81.4 Å². The molecule has 1 aliphatic carbocycles. The smallest absolute Gasteiger partial charge is 0.282 e. The summed E-state index contributed by atoms with van der Waals surface area (Å²) in [5.74, 6) is -1.68. The van der Waals surface area contributed by atoms with Crippen LogP contribution in [0.5, 0.6) is 0 Å². The maximum Gasteiger partial charge on any atom is 0.282 e. The van der Waals surface area contributed by atoms with Gasteiger partial charge in [0.1, 0.15) is 21.8 Å². The van der Waals surface area contributed by atoms with Crippen molar-refractivity contribution in [2.75, 3.05) is 5.73 Å². The Balaban J connectivity index is 0.000000272. The second-order valence-corrected chi connectivity index (χ2v) is 12.3.